The maximum absolute atomic E-state index is 8.74. The quantitative estimate of drug-likeness (QED) is 0.307. The molecule has 0 aliphatic carbocycles. The molecule has 62 valence electrons. The Hall–Kier alpha value is 1.66. The Labute approximate surface area is 99.5 Å². The van der Waals surface area contributed by atoms with Crippen LogP contribution in [0.15, 0.2) is 0 Å². The molecule has 0 aliphatic heterocycles. The van der Waals surface area contributed by atoms with Crippen molar-refractivity contribution in [2.45, 2.75) is 0 Å². The summed E-state index contributed by atoms with van der Waals surface area (Å²) >= 11 is 1.13. The standard InChI is InChI=1S/2CH3O.2Hg.H2O4S/c2*1-2;;;1-5(2,3)4/h2*1H3;;;(H2,1,2,3,4)/q2*-1;2*+1;. The Balaban J connectivity index is -0.0000000933. The van der Waals surface area contributed by atoms with Crippen LogP contribution in [-0.2, 0) is 68.8 Å². The SMILES string of the molecule is C[O][Hg].C[O][Hg].O=S(=O)(O)O. The van der Waals surface area contributed by atoms with Crippen molar-refractivity contribution in [3.8, 4) is 0 Å². The molecule has 0 atom stereocenters. The number of hydrogen-bond donors (Lipinski definition) is 2. The summed E-state index contributed by atoms with van der Waals surface area (Å²) in [6.45, 7) is 0. The molecule has 11 heavy (non-hydrogen) atoms. The fourth-order valence-electron chi connectivity index (χ4n) is 0. The van der Waals surface area contributed by atoms with Crippen LogP contribution in [0.1, 0.15) is 0 Å². The number of rotatable bonds is 0. The van der Waals surface area contributed by atoms with Gasteiger partial charge in [0.25, 0.3) is 0 Å². The molecule has 0 aromatic rings. The molecule has 0 bridgehead atoms. The van der Waals surface area contributed by atoms with Gasteiger partial charge >= 0.3 is 83.1 Å². The maximum atomic E-state index is 8.74. The molecule has 0 saturated carbocycles. The van der Waals surface area contributed by atoms with E-state index in [1.165, 1.54) is 0 Å². The van der Waals surface area contributed by atoms with Gasteiger partial charge < -0.3 is 0 Å². The topological polar surface area (TPSA) is 93.1 Å². The van der Waals surface area contributed by atoms with Gasteiger partial charge in [-0.25, -0.2) is 0 Å². The Bertz CT molecular complexity index is 122. The zero-order valence-corrected chi connectivity index (χ0v) is 18.2. The van der Waals surface area contributed by atoms with Gasteiger partial charge in [0.15, 0.2) is 0 Å². The van der Waals surface area contributed by atoms with E-state index in [4.69, 9.17) is 17.5 Å². The minimum Gasteiger partial charge on any atom is -0.264 e. The molecular formula is C2H8Hg2O6S. The van der Waals surface area contributed by atoms with Crippen LogP contribution in [0.3, 0.4) is 0 Å². The van der Waals surface area contributed by atoms with Crippen LogP contribution < -0.4 is 0 Å². The third kappa shape index (κ3) is 395. The summed E-state index contributed by atoms with van der Waals surface area (Å²) < 4.78 is 40.5. The van der Waals surface area contributed by atoms with E-state index in [0.717, 1.165) is 0 Å². The first-order valence-electron chi connectivity index (χ1n) is 2.09. The summed E-state index contributed by atoms with van der Waals surface area (Å²) in [4.78, 5) is 0. The Morgan fingerprint density at radius 1 is 1.09 bits per heavy atom. The van der Waals surface area contributed by atoms with E-state index in [-0.39, 0.29) is 0 Å². The molecule has 0 rings (SSSR count). The first-order chi connectivity index (χ1) is 4.83. The van der Waals surface area contributed by atoms with Gasteiger partial charge in [-0.1, -0.05) is 0 Å². The van der Waals surface area contributed by atoms with Crippen LogP contribution in [0.2, 0.25) is 0 Å². The average Bonchev–Trinajstić information content (AvgIpc) is 1.62. The average molecular weight is 561 g/mol. The van der Waals surface area contributed by atoms with Crippen LogP contribution in [0.25, 0.3) is 0 Å². The van der Waals surface area contributed by atoms with Crippen molar-refractivity contribution < 1.29 is 76.0 Å². The van der Waals surface area contributed by atoms with E-state index in [9.17, 15) is 0 Å². The number of hydrogen-bond acceptors (Lipinski definition) is 4. The molecule has 9 heteroatoms. The monoisotopic (exact) mass is 564 g/mol. The fraction of sp³-hybridized carbons (Fsp3) is 1.00. The molecule has 6 nitrogen and oxygen atoms in total. The molecule has 0 unspecified atom stereocenters. The molecule has 0 radical (unpaired) electrons. The normalized spacial score (nSPS) is 8.73. The van der Waals surface area contributed by atoms with E-state index >= 15 is 0 Å². The van der Waals surface area contributed by atoms with Crippen molar-refractivity contribution in [2.24, 2.45) is 0 Å². The maximum Gasteiger partial charge on any atom is 0.394 e. The van der Waals surface area contributed by atoms with Crippen molar-refractivity contribution in [2.75, 3.05) is 14.2 Å². The minimum atomic E-state index is -4.67. The van der Waals surface area contributed by atoms with E-state index in [2.05, 4.69) is 5.29 Å². The largest absolute Gasteiger partial charge is 0.394 e. The van der Waals surface area contributed by atoms with Crippen molar-refractivity contribution in [3.05, 3.63) is 0 Å². The molecule has 0 saturated heterocycles. The third-order valence-electron chi connectivity index (χ3n) is 0. The van der Waals surface area contributed by atoms with Gasteiger partial charge in [0.2, 0.25) is 0 Å². The van der Waals surface area contributed by atoms with Crippen LogP contribution in [-0.4, -0.2) is 31.7 Å². The zero-order valence-electron chi connectivity index (χ0n) is 6.35. The first-order valence-corrected chi connectivity index (χ1v) is 7.98. The molecule has 0 aromatic heterocycles. The zero-order chi connectivity index (χ0) is 9.91. The van der Waals surface area contributed by atoms with Gasteiger partial charge in [-0.05, 0) is 0 Å². The van der Waals surface area contributed by atoms with Crippen LogP contribution >= 0.6 is 0 Å². The molecule has 0 amide bonds. The first kappa shape index (κ1) is 18.4. The van der Waals surface area contributed by atoms with Crippen LogP contribution in [0.4, 0.5) is 0 Å². The molecule has 0 aliphatic rings. The summed E-state index contributed by atoms with van der Waals surface area (Å²) in [6, 6.07) is 0. The summed E-state index contributed by atoms with van der Waals surface area (Å²) in [5.74, 6) is 0. The van der Waals surface area contributed by atoms with Crippen LogP contribution in [0.5, 0.6) is 0 Å². The third-order valence-corrected chi connectivity index (χ3v) is 0. The summed E-state index contributed by atoms with van der Waals surface area (Å²) in [6.07, 6.45) is 0. The smallest absolute Gasteiger partial charge is 0.264 e. The fourth-order valence-corrected chi connectivity index (χ4v) is 0. The van der Waals surface area contributed by atoms with Gasteiger partial charge in [-0.2, -0.15) is 8.42 Å². The molecular weight excluding hydrogens is 553 g/mol. The van der Waals surface area contributed by atoms with Gasteiger partial charge in [0, 0.05) is 0 Å². The van der Waals surface area contributed by atoms with Crippen molar-refractivity contribution in [1.82, 2.24) is 0 Å². The van der Waals surface area contributed by atoms with E-state index < -0.39 is 10.4 Å². The van der Waals surface area contributed by atoms with Gasteiger partial charge in [0.1, 0.15) is 0 Å². The predicted molar refractivity (Wildman–Crippen MR) is 28.2 cm³/mol. The molecule has 0 fully saturated rings. The van der Waals surface area contributed by atoms with E-state index in [0.29, 0.717) is 53.2 Å². The molecule has 0 heterocycles. The second-order valence-corrected chi connectivity index (χ2v) is 6.41. The van der Waals surface area contributed by atoms with Gasteiger partial charge in [-0.3, -0.25) is 9.11 Å². The molecule has 0 aromatic carbocycles. The van der Waals surface area contributed by atoms with E-state index in [1.807, 2.05) is 0 Å². The van der Waals surface area contributed by atoms with Gasteiger partial charge in [0.05, 0.1) is 0 Å². The summed E-state index contributed by atoms with van der Waals surface area (Å²) in [5.41, 5.74) is 0. The van der Waals surface area contributed by atoms with Crippen LogP contribution in [0, 0.1) is 0 Å². The predicted octanol–water partition coefficient (Wildman–Crippen LogP) is -0.464. The molecule has 2 N–H and O–H groups in total. The second kappa shape index (κ2) is 14.2. The second-order valence-electron chi connectivity index (χ2n) is 1.03. The molecule has 0 spiro atoms. The van der Waals surface area contributed by atoms with Gasteiger partial charge in [-0.15, -0.1) is 0 Å². The summed E-state index contributed by atoms with van der Waals surface area (Å²) in [7, 11) is -1.24. The Morgan fingerprint density at radius 2 is 1.09 bits per heavy atom. The Morgan fingerprint density at radius 3 is 1.09 bits per heavy atom. The van der Waals surface area contributed by atoms with Crippen molar-refractivity contribution in [1.29, 1.82) is 0 Å². The van der Waals surface area contributed by atoms with E-state index in [1.54, 1.807) is 14.2 Å². The summed E-state index contributed by atoms with van der Waals surface area (Å²) in [5, 5.41) is 0. The van der Waals surface area contributed by atoms with Crippen molar-refractivity contribution >= 4 is 10.4 Å². The van der Waals surface area contributed by atoms with Crippen molar-refractivity contribution in [3.63, 3.8) is 0 Å². The minimum absolute atomic E-state index is 0.566. The Kier molecular flexibility index (Phi) is 23.8.